The fourth-order valence-corrected chi connectivity index (χ4v) is 10.3. The van der Waals surface area contributed by atoms with Gasteiger partial charge in [-0.1, -0.05) is 152 Å². The number of nitrogens with zero attached hydrogens (tertiary/aromatic N) is 2. The maximum atomic E-state index is 2.44. The molecule has 0 spiro atoms. The van der Waals surface area contributed by atoms with Crippen molar-refractivity contribution < 1.29 is 0 Å². The Balaban J connectivity index is 0.978. The van der Waals surface area contributed by atoms with Crippen LogP contribution in [0.15, 0.2) is 206 Å². The van der Waals surface area contributed by atoms with E-state index < -0.39 is 0 Å². The highest BCUT2D eigenvalue weighted by Gasteiger charge is 2.19. The number of hydrogen-bond donors (Lipinski definition) is 0. The van der Waals surface area contributed by atoms with E-state index >= 15 is 0 Å². The Morgan fingerprint density at radius 1 is 0.281 bits per heavy atom. The molecule has 0 fully saturated rings. The topological polar surface area (TPSA) is 9.86 Å². The second-order valence-corrected chi connectivity index (χ2v) is 16.0. The predicted octanol–water partition coefficient (Wildman–Crippen LogP) is 15.2. The molecule has 0 amide bonds. The summed E-state index contributed by atoms with van der Waals surface area (Å²) >= 11 is 1.88. The Kier molecular flexibility index (Phi) is 7.13. The third-order valence-corrected chi connectivity index (χ3v) is 13.0. The van der Waals surface area contributed by atoms with Gasteiger partial charge < -0.3 is 9.13 Å². The molecule has 0 atom stereocenters. The van der Waals surface area contributed by atoms with Gasteiger partial charge in [-0.2, -0.15) is 0 Å². The lowest BCUT2D eigenvalue weighted by molar-refractivity contribution is 1.17. The quantitative estimate of drug-likeness (QED) is 0.166. The molecule has 3 aromatic heterocycles. The summed E-state index contributed by atoms with van der Waals surface area (Å²) in [4.78, 5) is 0. The molecule has 0 saturated heterocycles. The molecular formula is C54H34N2S. The fraction of sp³-hybridized carbons (Fsp3) is 0. The van der Waals surface area contributed by atoms with Gasteiger partial charge in [-0.15, -0.1) is 11.3 Å². The van der Waals surface area contributed by atoms with Gasteiger partial charge in [0, 0.05) is 53.1 Å². The van der Waals surface area contributed by atoms with Crippen LogP contribution in [0.5, 0.6) is 0 Å². The molecule has 0 radical (unpaired) electrons. The Morgan fingerprint density at radius 3 is 1.30 bits per heavy atom. The van der Waals surface area contributed by atoms with Gasteiger partial charge in [-0.05, 0) is 88.0 Å². The fourth-order valence-electron chi connectivity index (χ4n) is 9.04. The van der Waals surface area contributed by atoms with Crippen LogP contribution in [0.2, 0.25) is 0 Å². The summed E-state index contributed by atoms with van der Waals surface area (Å²) in [6, 6.07) is 75.6. The van der Waals surface area contributed by atoms with Crippen LogP contribution in [0.4, 0.5) is 0 Å². The van der Waals surface area contributed by atoms with Crippen LogP contribution in [0.3, 0.4) is 0 Å². The molecular weight excluding hydrogens is 709 g/mol. The van der Waals surface area contributed by atoms with Gasteiger partial charge in [0.1, 0.15) is 0 Å². The number of rotatable bonds is 5. The van der Waals surface area contributed by atoms with E-state index in [0.29, 0.717) is 0 Å². The monoisotopic (exact) mass is 742 g/mol. The first kappa shape index (κ1) is 32.1. The number of thiophene rings is 1. The molecule has 0 aliphatic rings. The molecule has 0 N–H and O–H groups in total. The smallest absolute Gasteiger partial charge is 0.0548 e. The summed E-state index contributed by atoms with van der Waals surface area (Å²) in [5, 5.41) is 7.65. The van der Waals surface area contributed by atoms with Crippen molar-refractivity contribution in [3.63, 3.8) is 0 Å². The molecule has 57 heavy (non-hydrogen) atoms. The Labute approximate surface area is 333 Å². The highest BCUT2D eigenvalue weighted by molar-refractivity contribution is 7.26. The summed E-state index contributed by atoms with van der Waals surface area (Å²) in [6.45, 7) is 0. The van der Waals surface area contributed by atoms with E-state index in [1.54, 1.807) is 0 Å². The van der Waals surface area contributed by atoms with Gasteiger partial charge in [0.25, 0.3) is 0 Å². The van der Waals surface area contributed by atoms with Crippen LogP contribution >= 0.6 is 11.3 Å². The maximum Gasteiger partial charge on any atom is 0.0548 e. The van der Waals surface area contributed by atoms with Crippen LogP contribution in [0, 0.1) is 0 Å². The lowest BCUT2D eigenvalue weighted by Crippen LogP contribution is -1.95. The van der Waals surface area contributed by atoms with Gasteiger partial charge in [-0.3, -0.25) is 0 Å². The zero-order valence-electron chi connectivity index (χ0n) is 30.9. The molecule has 266 valence electrons. The highest BCUT2D eigenvalue weighted by atomic mass is 32.1. The van der Waals surface area contributed by atoms with Gasteiger partial charge >= 0.3 is 0 Å². The first-order valence-corrected chi connectivity index (χ1v) is 20.3. The Bertz CT molecular complexity index is 3470. The van der Waals surface area contributed by atoms with Crippen molar-refractivity contribution in [2.24, 2.45) is 0 Å². The Hall–Kier alpha value is -7.20. The number of fused-ring (bicyclic) bond motifs is 9. The van der Waals surface area contributed by atoms with Gasteiger partial charge in [0.2, 0.25) is 0 Å². The van der Waals surface area contributed by atoms with Crippen molar-refractivity contribution in [2.75, 3.05) is 0 Å². The number of aromatic nitrogens is 2. The minimum atomic E-state index is 1.15. The minimum Gasteiger partial charge on any atom is -0.309 e. The predicted molar refractivity (Wildman–Crippen MR) is 244 cm³/mol. The third kappa shape index (κ3) is 5.03. The first-order chi connectivity index (χ1) is 28.3. The molecule has 0 aliphatic heterocycles. The van der Waals surface area contributed by atoms with Crippen molar-refractivity contribution in [1.82, 2.24) is 9.13 Å². The van der Waals surface area contributed by atoms with Crippen LogP contribution in [-0.2, 0) is 0 Å². The van der Waals surface area contributed by atoms with E-state index in [2.05, 4.69) is 215 Å². The molecule has 0 unspecified atom stereocenters. The second-order valence-electron chi connectivity index (χ2n) is 14.9. The summed E-state index contributed by atoms with van der Waals surface area (Å²) in [6.07, 6.45) is 0. The Morgan fingerprint density at radius 2 is 0.719 bits per heavy atom. The molecule has 3 heteroatoms. The zero-order chi connectivity index (χ0) is 37.5. The molecule has 3 heterocycles. The summed E-state index contributed by atoms with van der Waals surface area (Å²) < 4.78 is 7.55. The summed E-state index contributed by atoms with van der Waals surface area (Å²) in [5.41, 5.74) is 14.5. The number of hydrogen-bond acceptors (Lipinski definition) is 1. The molecule has 2 nitrogen and oxygen atoms in total. The number of benzene rings is 9. The van der Waals surface area contributed by atoms with Crippen LogP contribution in [-0.4, -0.2) is 9.13 Å². The highest BCUT2D eigenvalue weighted by Crippen LogP contribution is 2.42. The van der Waals surface area contributed by atoms with E-state index in [1.807, 2.05) is 11.3 Å². The van der Waals surface area contributed by atoms with E-state index in [0.717, 1.165) is 11.4 Å². The van der Waals surface area contributed by atoms with Crippen molar-refractivity contribution in [1.29, 1.82) is 0 Å². The van der Waals surface area contributed by atoms with E-state index in [-0.39, 0.29) is 0 Å². The third-order valence-electron chi connectivity index (χ3n) is 11.8. The van der Waals surface area contributed by atoms with Crippen molar-refractivity contribution >= 4 is 75.1 Å². The molecule has 12 aromatic rings. The minimum absolute atomic E-state index is 1.15. The van der Waals surface area contributed by atoms with Crippen molar-refractivity contribution in [3.05, 3.63) is 206 Å². The molecule has 0 aliphatic carbocycles. The maximum absolute atomic E-state index is 2.44. The standard InChI is InChI=1S/C54H34N2S/c1-2-11-35(12-3-1)36-21-23-37(24-22-36)38-25-29-40(30-26-38)55-49-18-7-4-13-43(49)47-34-52-48(33-51(47)55)44-14-5-8-19-50(44)56(52)41-31-27-39(28-32-41)42-16-10-17-46-45-15-6-9-20-53(45)57-54(42)46/h1-34H. The van der Waals surface area contributed by atoms with Gasteiger partial charge in [0.05, 0.1) is 22.1 Å². The number of para-hydroxylation sites is 2. The van der Waals surface area contributed by atoms with Gasteiger partial charge in [-0.25, -0.2) is 0 Å². The lowest BCUT2D eigenvalue weighted by atomic mass is 10.0. The van der Waals surface area contributed by atoms with Crippen molar-refractivity contribution in [3.8, 4) is 44.8 Å². The van der Waals surface area contributed by atoms with E-state index in [4.69, 9.17) is 0 Å². The lowest BCUT2D eigenvalue weighted by Gasteiger charge is -2.11. The van der Waals surface area contributed by atoms with Crippen LogP contribution in [0.25, 0.3) is 109 Å². The average molecular weight is 743 g/mol. The summed E-state index contributed by atoms with van der Waals surface area (Å²) in [7, 11) is 0. The normalized spacial score (nSPS) is 11.9. The molecule has 9 aromatic carbocycles. The summed E-state index contributed by atoms with van der Waals surface area (Å²) in [5.74, 6) is 0. The SMILES string of the molecule is c1ccc(-c2ccc(-c3ccc(-n4c5ccccc5c5cc6c(cc54)c4ccccc4n6-c4ccc(-c5cccc6c5sc5ccccc56)cc4)cc3)cc2)cc1. The molecule has 0 bridgehead atoms. The van der Waals surface area contributed by atoms with E-state index in [9.17, 15) is 0 Å². The molecule has 12 rings (SSSR count). The van der Waals surface area contributed by atoms with Crippen LogP contribution in [0.1, 0.15) is 0 Å². The second kappa shape index (κ2) is 12.7. The van der Waals surface area contributed by atoms with Crippen LogP contribution < -0.4 is 0 Å². The zero-order valence-corrected chi connectivity index (χ0v) is 31.7. The van der Waals surface area contributed by atoms with E-state index in [1.165, 1.54) is 97.2 Å². The first-order valence-electron chi connectivity index (χ1n) is 19.5. The largest absolute Gasteiger partial charge is 0.309 e. The van der Waals surface area contributed by atoms with Gasteiger partial charge in [0.15, 0.2) is 0 Å². The molecule has 0 saturated carbocycles. The van der Waals surface area contributed by atoms with Crippen molar-refractivity contribution in [2.45, 2.75) is 0 Å². The average Bonchev–Trinajstić information content (AvgIpc) is 3.94.